The van der Waals surface area contributed by atoms with Gasteiger partial charge >= 0.3 is 0 Å². The van der Waals surface area contributed by atoms with Gasteiger partial charge in [-0.05, 0) is 24.0 Å². The molecule has 3 atom stereocenters. The number of hydrogen-bond donors (Lipinski definition) is 7. The van der Waals surface area contributed by atoms with Gasteiger partial charge in [0.25, 0.3) is 5.91 Å². The van der Waals surface area contributed by atoms with Crippen LogP contribution in [0.2, 0.25) is 0 Å². The van der Waals surface area contributed by atoms with E-state index in [0.29, 0.717) is 6.42 Å². The van der Waals surface area contributed by atoms with Gasteiger partial charge < -0.3 is 27.1 Å². The average molecular weight is 446 g/mol. The molecule has 4 amide bonds. The number of amides is 4. The van der Waals surface area contributed by atoms with E-state index in [1.165, 1.54) is 0 Å². The number of nitrogens with one attached hydrogen (secondary N) is 4. The Labute approximate surface area is 185 Å². The molecule has 1 aromatic carbocycles. The van der Waals surface area contributed by atoms with Crippen LogP contribution < -0.4 is 33.4 Å². The van der Waals surface area contributed by atoms with Crippen molar-refractivity contribution in [3.8, 4) is 0 Å². The molecule has 0 spiro atoms. The van der Waals surface area contributed by atoms with Gasteiger partial charge in [0.1, 0.15) is 12.1 Å². The summed E-state index contributed by atoms with van der Waals surface area (Å²) in [5.74, 6) is 2.83. The van der Waals surface area contributed by atoms with Gasteiger partial charge in [-0.1, -0.05) is 32.0 Å². The van der Waals surface area contributed by atoms with E-state index in [4.69, 9.17) is 17.3 Å². The first-order chi connectivity index (χ1) is 15.1. The predicted octanol–water partition coefficient (Wildman–Crippen LogP) is -1.08. The van der Waals surface area contributed by atoms with Crippen LogP contribution in [-0.4, -0.2) is 46.7 Å². The van der Waals surface area contributed by atoms with E-state index < -0.39 is 41.8 Å². The first-order valence-electron chi connectivity index (χ1n) is 10.3. The fourth-order valence-corrected chi connectivity index (χ4v) is 3.39. The smallest absolute Gasteiger partial charge is 0.256 e. The number of hydrazine groups is 1. The zero-order valence-electron chi connectivity index (χ0n) is 18.2. The number of aromatic amines is 1. The number of nitrogens with two attached hydrogens (primary N) is 3. The van der Waals surface area contributed by atoms with E-state index in [2.05, 4.69) is 21.0 Å². The number of carbonyl (C=O) groups is 4. The topological polar surface area (TPSA) is 198 Å². The molecule has 0 aliphatic carbocycles. The largest absolute Gasteiger partial charge is 0.370 e. The zero-order chi connectivity index (χ0) is 23.8. The van der Waals surface area contributed by atoms with Crippen LogP contribution in [-0.2, 0) is 25.6 Å². The van der Waals surface area contributed by atoms with Crippen LogP contribution in [0.3, 0.4) is 0 Å². The summed E-state index contributed by atoms with van der Waals surface area (Å²) in [6, 6.07) is 4.46. The summed E-state index contributed by atoms with van der Waals surface area (Å²) in [6.07, 6.45) is 1.90. The second-order valence-corrected chi connectivity index (χ2v) is 8.10. The molecule has 0 radical (unpaired) electrons. The predicted molar refractivity (Wildman–Crippen MR) is 119 cm³/mol. The zero-order valence-corrected chi connectivity index (χ0v) is 18.2. The number of aromatic nitrogens is 1. The maximum absolute atomic E-state index is 13.0. The highest BCUT2D eigenvalue weighted by Gasteiger charge is 2.29. The molecule has 1 heterocycles. The molecule has 0 aliphatic rings. The molecule has 0 fully saturated rings. The lowest BCUT2D eigenvalue weighted by molar-refractivity contribution is -0.133. The molecule has 32 heavy (non-hydrogen) atoms. The van der Waals surface area contributed by atoms with Crippen molar-refractivity contribution in [1.29, 1.82) is 0 Å². The fraction of sp³-hybridized carbons (Fsp3) is 0.429. The van der Waals surface area contributed by atoms with Crippen molar-refractivity contribution in [2.45, 2.75) is 51.2 Å². The molecular weight excluding hydrogens is 414 g/mol. The first kappa shape index (κ1) is 24.8. The Kier molecular flexibility index (Phi) is 8.73. The Bertz CT molecular complexity index is 972. The van der Waals surface area contributed by atoms with Crippen LogP contribution in [0.25, 0.3) is 10.9 Å². The maximum Gasteiger partial charge on any atom is 0.256 e. The molecule has 0 unspecified atom stereocenters. The van der Waals surface area contributed by atoms with Gasteiger partial charge in [-0.25, -0.2) is 5.84 Å². The van der Waals surface area contributed by atoms with E-state index in [9.17, 15) is 19.2 Å². The molecule has 10 N–H and O–H groups in total. The van der Waals surface area contributed by atoms with Gasteiger partial charge in [0.05, 0.1) is 12.5 Å². The van der Waals surface area contributed by atoms with Gasteiger partial charge in [-0.2, -0.15) is 0 Å². The summed E-state index contributed by atoms with van der Waals surface area (Å²) in [5, 5.41) is 6.14. The summed E-state index contributed by atoms with van der Waals surface area (Å²) >= 11 is 0. The van der Waals surface area contributed by atoms with Crippen LogP contribution >= 0.6 is 0 Å². The summed E-state index contributed by atoms with van der Waals surface area (Å²) in [6.45, 7) is 3.76. The molecule has 1 aromatic heterocycles. The van der Waals surface area contributed by atoms with E-state index in [1.54, 1.807) is 6.20 Å². The lowest BCUT2D eigenvalue weighted by Gasteiger charge is -2.24. The Morgan fingerprint density at radius 3 is 2.28 bits per heavy atom. The molecule has 0 bridgehead atoms. The second-order valence-electron chi connectivity index (χ2n) is 8.10. The third-order valence-corrected chi connectivity index (χ3v) is 4.97. The molecule has 2 rings (SSSR count). The van der Waals surface area contributed by atoms with Crippen molar-refractivity contribution in [3.63, 3.8) is 0 Å². The number of para-hydroxylation sites is 1. The molecule has 11 heteroatoms. The third kappa shape index (κ3) is 6.79. The van der Waals surface area contributed by atoms with Crippen molar-refractivity contribution in [2.75, 3.05) is 0 Å². The minimum Gasteiger partial charge on any atom is -0.370 e. The Morgan fingerprint density at radius 2 is 1.66 bits per heavy atom. The highest BCUT2D eigenvalue weighted by Crippen LogP contribution is 2.19. The number of benzene rings is 1. The van der Waals surface area contributed by atoms with Gasteiger partial charge in [-0.15, -0.1) is 0 Å². The van der Waals surface area contributed by atoms with Crippen LogP contribution in [0.15, 0.2) is 30.5 Å². The third-order valence-electron chi connectivity index (χ3n) is 4.97. The van der Waals surface area contributed by atoms with Crippen molar-refractivity contribution >= 4 is 34.5 Å². The molecule has 174 valence electrons. The summed E-state index contributed by atoms with van der Waals surface area (Å²) in [4.78, 5) is 51.9. The van der Waals surface area contributed by atoms with Crippen molar-refractivity contribution in [3.05, 3.63) is 36.0 Å². The highest BCUT2D eigenvalue weighted by molar-refractivity contribution is 5.94. The maximum atomic E-state index is 13.0. The number of carbonyl (C=O) groups excluding carboxylic acids is 4. The SMILES string of the molecule is CC(C)C[C@H](NC(=O)[C@@H](N)CC(N)=O)C(=O)N[C@@H](Cc1c[nH]c2ccccc12)C(=O)NN. The van der Waals surface area contributed by atoms with Crippen LogP contribution in [0.4, 0.5) is 0 Å². The van der Waals surface area contributed by atoms with Crippen LogP contribution in [0.5, 0.6) is 0 Å². The van der Waals surface area contributed by atoms with E-state index in [-0.39, 0.29) is 18.8 Å². The van der Waals surface area contributed by atoms with Gasteiger partial charge in [-0.3, -0.25) is 24.6 Å². The number of hydrogen-bond acceptors (Lipinski definition) is 6. The van der Waals surface area contributed by atoms with Crippen LogP contribution in [0, 0.1) is 5.92 Å². The van der Waals surface area contributed by atoms with Gasteiger partial charge in [0.15, 0.2) is 0 Å². The average Bonchev–Trinajstić information content (AvgIpc) is 3.14. The van der Waals surface area contributed by atoms with Crippen LogP contribution in [0.1, 0.15) is 32.3 Å². The van der Waals surface area contributed by atoms with E-state index >= 15 is 0 Å². The van der Waals surface area contributed by atoms with Crippen molar-refractivity contribution < 1.29 is 19.2 Å². The quantitative estimate of drug-likeness (QED) is 0.130. The van der Waals surface area contributed by atoms with Gasteiger partial charge in [0.2, 0.25) is 17.7 Å². The van der Waals surface area contributed by atoms with Crippen molar-refractivity contribution in [2.24, 2.45) is 23.2 Å². The lowest BCUT2D eigenvalue weighted by atomic mass is 10.0. The molecule has 2 aromatic rings. The molecular formula is C21H31N7O4. The van der Waals surface area contributed by atoms with Crippen molar-refractivity contribution in [1.82, 2.24) is 21.0 Å². The molecule has 11 nitrogen and oxygen atoms in total. The minimum atomic E-state index is -1.18. The monoisotopic (exact) mass is 445 g/mol. The Hall–Kier alpha value is -3.44. The molecule has 0 saturated carbocycles. The standard InChI is InChI=1S/C21H31N7O4/c1-11(2)7-16(26-19(30)14(22)9-18(23)29)20(31)27-17(21(32)28-24)8-12-10-25-15-6-4-3-5-13(12)15/h3-6,10-11,14,16-17,25H,7-9,22,24H2,1-2H3,(H2,23,29)(H,26,30)(H,27,31)(H,28,32)/t14-,16-,17-/m0/s1. The molecule has 0 aliphatic heterocycles. The van der Waals surface area contributed by atoms with Gasteiger partial charge in [0, 0.05) is 23.5 Å². The number of H-pyrrole nitrogens is 1. The van der Waals surface area contributed by atoms with E-state index in [0.717, 1.165) is 16.5 Å². The lowest BCUT2D eigenvalue weighted by Crippen LogP contribution is -2.57. The van der Waals surface area contributed by atoms with E-state index in [1.807, 2.05) is 38.1 Å². The summed E-state index contributed by atoms with van der Waals surface area (Å²) in [7, 11) is 0. The summed E-state index contributed by atoms with van der Waals surface area (Å²) < 4.78 is 0. The Morgan fingerprint density at radius 1 is 1.00 bits per heavy atom. The normalized spacial score (nSPS) is 13.9. The first-order valence-corrected chi connectivity index (χ1v) is 10.3. The Balaban J connectivity index is 2.17. The molecule has 0 saturated heterocycles. The number of rotatable bonds is 11. The second kappa shape index (κ2) is 11.3. The number of fused-ring (bicyclic) bond motifs is 1. The number of primary amides is 1. The fourth-order valence-electron chi connectivity index (χ4n) is 3.39. The minimum absolute atomic E-state index is 0.0498. The highest BCUT2D eigenvalue weighted by atomic mass is 16.2. The summed E-state index contributed by atoms with van der Waals surface area (Å²) in [5.41, 5.74) is 14.6.